The summed E-state index contributed by atoms with van der Waals surface area (Å²) in [7, 11) is 0. The van der Waals surface area contributed by atoms with Crippen LogP contribution in [0.2, 0.25) is 0 Å². The van der Waals surface area contributed by atoms with E-state index in [-0.39, 0.29) is 11.7 Å². The zero-order chi connectivity index (χ0) is 19.2. The number of rotatable bonds is 8. The van der Waals surface area contributed by atoms with Gasteiger partial charge in [-0.1, -0.05) is 24.6 Å². The molecular weight excluding hydrogens is 340 g/mol. The van der Waals surface area contributed by atoms with Gasteiger partial charge >= 0.3 is 0 Å². The Balaban J connectivity index is 1.40. The molecule has 0 aliphatic carbocycles. The summed E-state index contributed by atoms with van der Waals surface area (Å²) >= 11 is 0. The predicted molar refractivity (Wildman–Crippen MR) is 105 cm³/mol. The van der Waals surface area contributed by atoms with E-state index in [1.54, 1.807) is 0 Å². The zero-order valence-electron chi connectivity index (χ0n) is 15.5. The third kappa shape index (κ3) is 4.29. The summed E-state index contributed by atoms with van der Waals surface area (Å²) in [5, 5.41) is 19.8. The average Bonchev–Trinajstić information content (AvgIpc) is 3.17. The van der Waals surface area contributed by atoms with Gasteiger partial charge in [0, 0.05) is 17.8 Å². The van der Waals surface area contributed by atoms with Gasteiger partial charge in [0.15, 0.2) is 5.82 Å². The Bertz CT molecular complexity index is 978. The largest absolute Gasteiger partial charge is 0.381 e. The molecule has 3 aromatic rings. The summed E-state index contributed by atoms with van der Waals surface area (Å²) in [6.45, 7) is 3.00. The van der Waals surface area contributed by atoms with Crippen LogP contribution >= 0.6 is 0 Å². The van der Waals surface area contributed by atoms with Crippen molar-refractivity contribution in [2.45, 2.75) is 39.2 Å². The molecule has 0 atom stereocenters. The molecule has 140 valence electrons. The first-order valence-electron chi connectivity index (χ1n) is 9.14. The first kappa shape index (κ1) is 18.5. The Labute approximate surface area is 158 Å². The zero-order valence-corrected chi connectivity index (χ0v) is 15.5. The number of nitrogens with two attached hydrogens (primary N) is 1. The third-order valence-corrected chi connectivity index (χ3v) is 4.73. The van der Waals surface area contributed by atoms with Gasteiger partial charge in [0.05, 0.1) is 5.69 Å². The lowest BCUT2D eigenvalue weighted by Crippen LogP contribution is -2.28. The summed E-state index contributed by atoms with van der Waals surface area (Å²) in [5.41, 5.74) is 9.01. The van der Waals surface area contributed by atoms with Gasteiger partial charge < -0.3 is 15.6 Å². The molecule has 0 saturated heterocycles. The number of carbonyl (C=O) groups excluding carboxylic acids is 1. The molecule has 3 rings (SSSR count). The number of benzene rings is 1. The van der Waals surface area contributed by atoms with Crippen LogP contribution in [0.5, 0.6) is 0 Å². The number of fused-ring (bicyclic) bond motifs is 1. The molecule has 4 N–H and O–H groups in total. The van der Waals surface area contributed by atoms with E-state index in [0.717, 1.165) is 48.0 Å². The molecule has 7 heteroatoms. The summed E-state index contributed by atoms with van der Waals surface area (Å²) < 4.78 is 2.04. The fourth-order valence-electron chi connectivity index (χ4n) is 3.29. The van der Waals surface area contributed by atoms with Crippen LogP contribution in [0.3, 0.4) is 0 Å². The third-order valence-electron chi connectivity index (χ3n) is 4.73. The van der Waals surface area contributed by atoms with Crippen molar-refractivity contribution in [3.8, 4) is 6.07 Å². The monoisotopic (exact) mass is 364 g/mol. The molecule has 0 aliphatic rings. The van der Waals surface area contributed by atoms with Crippen molar-refractivity contribution >= 4 is 22.6 Å². The van der Waals surface area contributed by atoms with Gasteiger partial charge in [0.25, 0.3) is 0 Å². The molecule has 0 spiro atoms. The molecule has 7 nitrogen and oxygen atoms in total. The molecular formula is C20H24N6O. The van der Waals surface area contributed by atoms with Gasteiger partial charge in [-0.25, -0.2) is 0 Å². The molecule has 2 heterocycles. The van der Waals surface area contributed by atoms with E-state index in [1.807, 2.05) is 29.7 Å². The van der Waals surface area contributed by atoms with Crippen molar-refractivity contribution in [1.29, 1.82) is 5.26 Å². The van der Waals surface area contributed by atoms with Crippen molar-refractivity contribution < 1.29 is 4.79 Å². The second-order valence-electron chi connectivity index (χ2n) is 6.67. The molecule has 27 heavy (non-hydrogen) atoms. The number of aromatic nitrogens is 3. The molecule has 0 aliphatic heterocycles. The van der Waals surface area contributed by atoms with E-state index in [4.69, 9.17) is 11.0 Å². The van der Waals surface area contributed by atoms with Gasteiger partial charge in [-0.2, -0.15) is 10.4 Å². The number of nitrogen functional groups attached to an aromatic ring is 1. The van der Waals surface area contributed by atoms with Gasteiger partial charge in [-0.05, 0) is 43.7 Å². The summed E-state index contributed by atoms with van der Waals surface area (Å²) in [5.74, 6) is 0.278. The number of amides is 1. The number of nitrogens with one attached hydrogen (secondary N) is 2. The molecule has 0 unspecified atom stereocenters. The number of unbranched alkanes of at least 4 members (excludes halogenated alkanes) is 2. The van der Waals surface area contributed by atoms with Crippen LogP contribution in [0.25, 0.3) is 10.9 Å². The maximum atomic E-state index is 12.3. The minimum atomic E-state index is 0.0209. The number of hydrogen-bond acceptors (Lipinski definition) is 4. The fraction of sp³-hybridized carbons (Fsp3) is 0.350. The van der Waals surface area contributed by atoms with Crippen LogP contribution in [0.1, 0.15) is 36.2 Å². The number of carbonyl (C=O) groups is 1. The minimum absolute atomic E-state index is 0.0209. The van der Waals surface area contributed by atoms with Crippen molar-refractivity contribution in [3.63, 3.8) is 0 Å². The van der Waals surface area contributed by atoms with Crippen molar-refractivity contribution in [2.75, 3.05) is 12.3 Å². The van der Waals surface area contributed by atoms with Crippen molar-refractivity contribution in [1.82, 2.24) is 20.1 Å². The highest BCUT2D eigenvalue weighted by Gasteiger charge is 2.10. The van der Waals surface area contributed by atoms with Gasteiger partial charge in [-0.3, -0.25) is 9.89 Å². The van der Waals surface area contributed by atoms with Crippen LogP contribution in [-0.4, -0.2) is 27.2 Å². The van der Waals surface area contributed by atoms with Crippen LogP contribution < -0.4 is 11.1 Å². The maximum Gasteiger partial charge on any atom is 0.239 e. The maximum absolute atomic E-state index is 12.3. The molecule has 0 radical (unpaired) electrons. The van der Waals surface area contributed by atoms with Crippen molar-refractivity contribution in [2.24, 2.45) is 0 Å². The van der Waals surface area contributed by atoms with E-state index in [1.165, 1.54) is 0 Å². The van der Waals surface area contributed by atoms with E-state index < -0.39 is 0 Å². The number of anilines is 1. The highest BCUT2D eigenvalue weighted by atomic mass is 16.1. The first-order chi connectivity index (χ1) is 13.1. The van der Waals surface area contributed by atoms with Crippen molar-refractivity contribution in [3.05, 3.63) is 47.3 Å². The minimum Gasteiger partial charge on any atom is -0.381 e. The smallest absolute Gasteiger partial charge is 0.239 e. The molecule has 0 fully saturated rings. The lowest BCUT2D eigenvalue weighted by molar-refractivity contribution is -0.121. The number of aryl methyl sites for hydroxylation is 2. The molecule has 0 bridgehead atoms. The highest BCUT2D eigenvalue weighted by Crippen LogP contribution is 2.19. The Kier molecular flexibility index (Phi) is 5.77. The summed E-state index contributed by atoms with van der Waals surface area (Å²) in [6.07, 6.45) is 3.49. The number of H-pyrrole nitrogens is 1. The predicted octanol–water partition coefficient (Wildman–Crippen LogP) is 2.66. The molecule has 1 aromatic carbocycles. The fourth-order valence-corrected chi connectivity index (χ4v) is 3.29. The van der Waals surface area contributed by atoms with E-state index in [9.17, 15) is 4.79 Å². The van der Waals surface area contributed by atoms with Gasteiger partial charge in [0.1, 0.15) is 18.2 Å². The van der Waals surface area contributed by atoms with Crippen LogP contribution in [0.15, 0.2) is 30.3 Å². The quantitative estimate of drug-likeness (QED) is 0.533. The van der Waals surface area contributed by atoms with Gasteiger partial charge in [-0.15, -0.1) is 0 Å². The number of nitriles is 1. The normalized spacial score (nSPS) is 10.8. The van der Waals surface area contributed by atoms with E-state index in [0.29, 0.717) is 18.7 Å². The number of aromatic amines is 1. The van der Waals surface area contributed by atoms with E-state index in [2.05, 4.69) is 33.7 Å². The van der Waals surface area contributed by atoms with Gasteiger partial charge in [0.2, 0.25) is 5.91 Å². The number of hydrogen-bond donors (Lipinski definition) is 3. The lowest BCUT2D eigenvalue weighted by atomic mass is 10.1. The van der Waals surface area contributed by atoms with Crippen LogP contribution in [0.4, 0.5) is 5.82 Å². The highest BCUT2D eigenvalue weighted by molar-refractivity contribution is 5.84. The second-order valence-corrected chi connectivity index (χ2v) is 6.67. The SMILES string of the molecule is Cc1cc2ccccc2n1CC(=O)NCCCCCc1[nH]nc(N)c1C#N. The average molecular weight is 364 g/mol. The molecule has 0 saturated carbocycles. The van der Waals surface area contributed by atoms with Crippen LogP contribution in [-0.2, 0) is 17.8 Å². The number of para-hydroxylation sites is 1. The Morgan fingerprint density at radius 2 is 2.15 bits per heavy atom. The standard InChI is InChI=1S/C20H24N6O/c1-14-11-15-7-4-5-9-18(15)26(14)13-19(27)23-10-6-2-3-8-17-16(12-21)20(22)25-24-17/h4-5,7,9,11H,2-3,6,8,10,13H2,1H3,(H,23,27)(H3,22,24,25). The topological polar surface area (TPSA) is 113 Å². The number of nitrogens with zero attached hydrogens (tertiary/aromatic N) is 3. The summed E-state index contributed by atoms with van der Waals surface area (Å²) in [4.78, 5) is 12.3. The lowest BCUT2D eigenvalue weighted by Gasteiger charge is -2.09. The molecule has 1 amide bonds. The van der Waals surface area contributed by atoms with Crippen LogP contribution in [0, 0.1) is 18.3 Å². The van der Waals surface area contributed by atoms with E-state index >= 15 is 0 Å². The Morgan fingerprint density at radius 1 is 1.33 bits per heavy atom. The first-order valence-corrected chi connectivity index (χ1v) is 9.14. The Morgan fingerprint density at radius 3 is 2.96 bits per heavy atom. The molecule has 2 aromatic heterocycles. The summed E-state index contributed by atoms with van der Waals surface area (Å²) in [6, 6.07) is 12.3. The Hall–Kier alpha value is -3.27. The second kappa shape index (κ2) is 8.41.